The number of ether oxygens (including phenoxy) is 1. The highest BCUT2D eigenvalue weighted by Crippen LogP contribution is 2.31. The maximum atomic E-state index is 13.5. The van der Waals surface area contributed by atoms with Crippen molar-refractivity contribution in [1.82, 2.24) is 10.3 Å². The van der Waals surface area contributed by atoms with Crippen LogP contribution in [0.25, 0.3) is 10.8 Å². The van der Waals surface area contributed by atoms with Gasteiger partial charge in [0.1, 0.15) is 11.6 Å². The van der Waals surface area contributed by atoms with E-state index in [1.165, 1.54) is 17.3 Å². The Morgan fingerprint density at radius 2 is 1.85 bits per heavy atom. The van der Waals surface area contributed by atoms with Gasteiger partial charge in [0, 0.05) is 24.2 Å². The first-order valence-electron chi connectivity index (χ1n) is 11.0. The van der Waals surface area contributed by atoms with Crippen molar-refractivity contribution >= 4 is 16.7 Å². The number of amides is 1. The number of pyridine rings is 1. The summed E-state index contributed by atoms with van der Waals surface area (Å²) in [5, 5.41) is 5.67. The smallest absolute Gasteiger partial charge is 0.250 e. The Balaban J connectivity index is 1.27. The highest BCUT2D eigenvalue weighted by atomic mass is 19.1. The molecule has 4 aromatic rings. The topological polar surface area (TPSA) is 77.2 Å². The molecule has 0 spiro atoms. The zero-order valence-corrected chi connectivity index (χ0v) is 18.1. The molecule has 1 aliphatic rings. The van der Waals surface area contributed by atoms with Gasteiger partial charge in [0.2, 0.25) is 11.8 Å². The molecule has 3 aromatic carbocycles. The van der Waals surface area contributed by atoms with Crippen molar-refractivity contribution in [1.29, 1.82) is 0 Å². The van der Waals surface area contributed by atoms with Crippen LogP contribution in [0, 0.1) is 11.7 Å². The third-order valence-corrected chi connectivity index (χ3v) is 6.14. The molecule has 6 heteroatoms. The second-order valence-corrected chi connectivity index (χ2v) is 8.44. The first kappa shape index (κ1) is 21.1. The Morgan fingerprint density at radius 3 is 2.67 bits per heavy atom. The fourth-order valence-corrected chi connectivity index (χ4v) is 4.52. The number of fused-ring (bicyclic) bond motifs is 2. The number of hydrogen-bond acceptors (Lipinski definition) is 4. The maximum absolute atomic E-state index is 13.5. The van der Waals surface area contributed by atoms with Crippen LogP contribution >= 0.6 is 0 Å². The lowest BCUT2D eigenvalue weighted by atomic mass is 10.0. The number of aromatic nitrogens is 1. The van der Waals surface area contributed by atoms with Crippen LogP contribution in [0.1, 0.15) is 27.0 Å². The van der Waals surface area contributed by atoms with E-state index in [9.17, 15) is 9.18 Å². The number of nitrogens with one attached hydrogen (secondary N) is 1. The highest BCUT2D eigenvalue weighted by Gasteiger charge is 2.21. The zero-order valence-electron chi connectivity index (χ0n) is 18.1. The van der Waals surface area contributed by atoms with Crippen molar-refractivity contribution in [3.8, 4) is 11.6 Å². The summed E-state index contributed by atoms with van der Waals surface area (Å²) in [4.78, 5) is 15.4. The molecule has 1 heterocycles. The van der Waals surface area contributed by atoms with E-state index in [2.05, 4.69) is 22.4 Å². The predicted molar refractivity (Wildman–Crippen MR) is 126 cm³/mol. The van der Waals surface area contributed by atoms with Crippen molar-refractivity contribution in [3.05, 3.63) is 101 Å². The van der Waals surface area contributed by atoms with Crippen LogP contribution in [0.3, 0.4) is 0 Å². The van der Waals surface area contributed by atoms with Crippen molar-refractivity contribution in [2.24, 2.45) is 11.7 Å². The van der Waals surface area contributed by atoms with Crippen molar-refractivity contribution in [2.75, 3.05) is 6.54 Å². The Bertz CT molecular complexity index is 1320. The molecule has 1 aliphatic carbocycles. The number of nitrogens with zero attached hydrogens (tertiary/aromatic N) is 1. The number of carbonyl (C=O) groups is 1. The van der Waals surface area contributed by atoms with Gasteiger partial charge in [0.05, 0.1) is 5.56 Å². The fourth-order valence-electron chi connectivity index (χ4n) is 4.52. The Labute approximate surface area is 191 Å². The lowest BCUT2D eigenvalue weighted by molar-refractivity contribution is 0.1000. The average Bonchev–Trinajstić information content (AvgIpc) is 3.22. The van der Waals surface area contributed by atoms with Crippen LogP contribution < -0.4 is 15.8 Å². The Morgan fingerprint density at radius 1 is 1.03 bits per heavy atom. The fraction of sp³-hybridized carbons (Fsp3) is 0.185. The van der Waals surface area contributed by atoms with E-state index < -0.39 is 5.91 Å². The first-order chi connectivity index (χ1) is 16.1. The molecule has 0 fully saturated rings. The lowest BCUT2D eigenvalue weighted by Gasteiger charge is -2.14. The van der Waals surface area contributed by atoms with Crippen molar-refractivity contribution in [2.45, 2.75) is 19.4 Å². The number of primary amides is 1. The Kier molecular flexibility index (Phi) is 5.75. The summed E-state index contributed by atoms with van der Waals surface area (Å²) in [6, 6.07) is 20.4. The molecular formula is C27H24FN3O2. The van der Waals surface area contributed by atoms with Crippen LogP contribution in [-0.4, -0.2) is 17.4 Å². The average molecular weight is 442 g/mol. The molecule has 0 bridgehead atoms. The van der Waals surface area contributed by atoms with Crippen LogP contribution in [-0.2, 0) is 19.4 Å². The number of nitrogens with two attached hydrogens (primary N) is 1. The van der Waals surface area contributed by atoms with Gasteiger partial charge < -0.3 is 15.8 Å². The minimum Gasteiger partial charge on any atom is -0.438 e. The standard InChI is InChI=1S/C27H24FN3O2/c28-22-9-7-18-11-17(12-21(18)13-22)14-30-15-19-3-1-5-24-23(19)4-2-6-25(24)33-26-10-8-20(16-31-26)27(29)32/h1-10,13,16-17,30H,11-12,14-15H2,(H2,29,32). The Hall–Kier alpha value is -3.77. The number of hydrogen-bond donors (Lipinski definition) is 2. The third kappa shape index (κ3) is 4.56. The van der Waals surface area contributed by atoms with Gasteiger partial charge in [-0.1, -0.05) is 36.4 Å². The van der Waals surface area contributed by atoms with Crippen LogP contribution in [0.4, 0.5) is 4.39 Å². The molecule has 1 aromatic heterocycles. The summed E-state index contributed by atoms with van der Waals surface area (Å²) in [6.07, 6.45) is 3.31. The summed E-state index contributed by atoms with van der Waals surface area (Å²) >= 11 is 0. The quantitative estimate of drug-likeness (QED) is 0.433. The van der Waals surface area contributed by atoms with Gasteiger partial charge in [-0.3, -0.25) is 4.79 Å². The second kappa shape index (κ2) is 9.00. The molecule has 0 radical (unpaired) electrons. The van der Waals surface area contributed by atoms with E-state index >= 15 is 0 Å². The summed E-state index contributed by atoms with van der Waals surface area (Å²) in [5.74, 6) is 0.889. The number of halogens is 1. The zero-order chi connectivity index (χ0) is 22.8. The summed E-state index contributed by atoms with van der Waals surface area (Å²) in [5.41, 5.74) is 9.18. The van der Waals surface area contributed by atoms with Crippen LogP contribution in [0.15, 0.2) is 72.9 Å². The van der Waals surface area contributed by atoms with Gasteiger partial charge in [-0.25, -0.2) is 9.37 Å². The van der Waals surface area contributed by atoms with Crippen molar-refractivity contribution < 1.29 is 13.9 Å². The van der Waals surface area contributed by atoms with Gasteiger partial charge in [-0.15, -0.1) is 0 Å². The van der Waals surface area contributed by atoms with E-state index in [-0.39, 0.29) is 5.82 Å². The van der Waals surface area contributed by atoms with E-state index in [0.717, 1.165) is 42.3 Å². The minimum atomic E-state index is -0.523. The molecule has 166 valence electrons. The molecule has 0 saturated heterocycles. The highest BCUT2D eigenvalue weighted by molar-refractivity contribution is 5.92. The number of carbonyl (C=O) groups excluding carboxylic acids is 1. The van der Waals surface area contributed by atoms with Gasteiger partial charge in [0.15, 0.2) is 0 Å². The molecule has 1 atom stereocenters. The van der Waals surface area contributed by atoms with Gasteiger partial charge in [0.25, 0.3) is 0 Å². The number of benzene rings is 3. The van der Waals surface area contributed by atoms with Gasteiger partial charge in [-0.05, 0) is 71.6 Å². The van der Waals surface area contributed by atoms with Crippen LogP contribution in [0.5, 0.6) is 11.6 Å². The van der Waals surface area contributed by atoms with Gasteiger partial charge in [-0.2, -0.15) is 0 Å². The maximum Gasteiger partial charge on any atom is 0.250 e. The molecule has 33 heavy (non-hydrogen) atoms. The molecule has 1 amide bonds. The van der Waals surface area contributed by atoms with E-state index in [0.29, 0.717) is 23.1 Å². The molecule has 0 saturated carbocycles. The molecule has 5 rings (SSSR count). The summed E-state index contributed by atoms with van der Waals surface area (Å²) < 4.78 is 19.5. The van der Waals surface area contributed by atoms with E-state index in [4.69, 9.17) is 10.5 Å². The monoisotopic (exact) mass is 441 g/mol. The third-order valence-electron chi connectivity index (χ3n) is 6.14. The van der Waals surface area contributed by atoms with Crippen LogP contribution in [0.2, 0.25) is 0 Å². The summed E-state index contributed by atoms with van der Waals surface area (Å²) in [7, 11) is 0. The minimum absolute atomic E-state index is 0.157. The lowest BCUT2D eigenvalue weighted by Crippen LogP contribution is -2.22. The molecule has 0 aliphatic heterocycles. The van der Waals surface area contributed by atoms with E-state index in [1.807, 2.05) is 30.3 Å². The molecule has 5 nitrogen and oxygen atoms in total. The molecule has 1 unspecified atom stereocenters. The van der Waals surface area contributed by atoms with Crippen molar-refractivity contribution in [3.63, 3.8) is 0 Å². The summed E-state index contributed by atoms with van der Waals surface area (Å²) in [6.45, 7) is 1.60. The number of rotatable bonds is 7. The second-order valence-electron chi connectivity index (χ2n) is 8.44. The van der Waals surface area contributed by atoms with Gasteiger partial charge >= 0.3 is 0 Å². The molecular weight excluding hydrogens is 417 g/mol. The van der Waals surface area contributed by atoms with E-state index in [1.54, 1.807) is 24.3 Å². The molecule has 3 N–H and O–H groups in total. The largest absolute Gasteiger partial charge is 0.438 e. The normalized spacial score (nSPS) is 14.9. The first-order valence-corrected chi connectivity index (χ1v) is 11.0. The SMILES string of the molecule is NC(=O)c1ccc(Oc2cccc3c(CNCC4Cc5ccc(F)cc5C4)cccc23)nc1. The predicted octanol–water partition coefficient (Wildman–Crippen LogP) is 4.77.